The smallest absolute Gasteiger partial charge is 0.356 e. The number of anilines is 1. The molecule has 0 radical (unpaired) electrons. The van der Waals surface area contributed by atoms with Gasteiger partial charge in [-0.15, -0.1) is 0 Å². The molecule has 7 nitrogen and oxygen atoms in total. The molecule has 0 bridgehead atoms. The van der Waals surface area contributed by atoms with E-state index in [1.807, 2.05) is 4.90 Å². The first-order valence-corrected chi connectivity index (χ1v) is 8.12. The number of hydrogen-bond donors (Lipinski definition) is 2. The first-order valence-electron chi connectivity index (χ1n) is 8.12. The molecule has 2 heterocycles. The van der Waals surface area contributed by atoms with Gasteiger partial charge in [-0.3, -0.25) is 4.79 Å². The number of unbranched alkanes of at least 4 members (excludes halogenated alkanes) is 1. The summed E-state index contributed by atoms with van der Waals surface area (Å²) in [5.74, 6) is -0.452. The van der Waals surface area contributed by atoms with Crippen LogP contribution in [0.3, 0.4) is 0 Å². The largest absolute Gasteiger partial charge is 0.476 e. The summed E-state index contributed by atoms with van der Waals surface area (Å²) in [7, 11) is 0. The molecule has 0 aromatic carbocycles. The van der Waals surface area contributed by atoms with Crippen LogP contribution < -0.4 is 10.2 Å². The molecule has 1 aromatic rings. The minimum absolute atomic E-state index is 0.0657. The van der Waals surface area contributed by atoms with Gasteiger partial charge in [-0.25, -0.2) is 14.8 Å². The van der Waals surface area contributed by atoms with Crippen molar-refractivity contribution in [3.63, 3.8) is 0 Å². The second kappa shape index (κ2) is 7.89. The maximum Gasteiger partial charge on any atom is 0.356 e. The molecule has 0 saturated carbocycles. The van der Waals surface area contributed by atoms with Crippen LogP contribution in [0.1, 0.15) is 50.0 Å². The van der Waals surface area contributed by atoms with Crippen LogP contribution in [0.5, 0.6) is 0 Å². The molecule has 0 spiro atoms. The summed E-state index contributed by atoms with van der Waals surface area (Å²) >= 11 is 0. The number of carboxylic acids is 1. The second-order valence-electron chi connectivity index (χ2n) is 5.99. The number of nitrogens with one attached hydrogen (secondary N) is 1. The fourth-order valence-corrected chi connectivity index (χ4v) is 2.75. The molecule has 126 valence electrons. The predicted molar refractivity (Wildman–Crippen MR) is 86.4 cm³/mol. The Morgan fingerprint density at radius 2 is 2.13 bits per heavy atom. The van der Waals surface area contributed by atoms with Crippen molar-refractivity contribution in [1.29, 1.82) is 0 Å². The standard InChI is InChI=1S/C16H24N4O3/c1-3-4-7-17-15(21)12-6-5-11(2)20(10-12)14-9-18-13(8-19-14)16(22)23/h8-9,11-12H,3-7,10H2,1-2H3,(H,17,21)(H,22,23). The van der Waals surface area contributed by atoms with Crippen LogP contribution in [0, 0.1) is 5.92 Å². The molecular weight excluding hydrogens is 296 g/mol. The molecule has 1 amide bonds. The Labute approximate surface area is 136 Å². The van der Waals surface area contributed by atoms with Crippen molar-refractivity contribution in [3.05, 3.63) is 18.1 Å². The van der Waals surface area contributed by atoms with Gasteiger partial charge >= 0.3 is 5.97 Å². The molecule has 2 rings (SSSR count). The number of piperidine rings is 1. The number of aromatic carboxylic acids is 1. The van der Waals surface area contributed by atoms with E-state index in [4.69, 9.17) is 5.11 Å². The van der Waals surface area contributed by atoms with E-state index in [-0.39, 0.29) is 23.6 Å². The van der Waals surface area contributed by atoms with Crippen molar-refractivity contribution in [2.45, 2.75) is 45.6 Å². The number of carbonyl (C=O) groups excluding carboxylic acids is 1. The first kappa shape index (κ1) is 17.2. The van der Waals surface area contributed by atoms with Gasteiger partial charge in [-0.05, 0) is 26.2 Å². The predicted octanol–water partition coefficient (Wildman–Crippen LogP) is 1.70. The molecular formula is C16H24N4O3. The maximum absolute atomic E-state index is 12.2. The second-order valence-corrected chi connectivity index (χ2v) is 5.99. The molecule has 2 unspecified atom stereocenters. The summed E-state index contributed by atoms with van der Waals surface area (Å²) in [5, 5.41) is 11.9. The van der Waals surface area contributed by atoms with E-state index in [9.17, 15) is 9.59 Å². The number of rotatable bonds is 6. The summed E-state index contributed by atoms with van der Waals surface area (Å²) in [6, 6.07) is 0.250. The van der Waals surface area contributed by atoms with Crippen LogP contribution >= 0.6 is 0 Å². The summed E-state index contributed by atoms with van der Waals surface area (Å²) in [6.45, 7) is 5.47. The Morgan fingerprint density at radius 1 is 1.35 bits per heavy atom. The third-order valence-electron chi connectivity index (χ3n) is 4.23. The van der Waals surface area contributed by atoms with Crippen LogP contribution in [-0.4, -0.2) is 46.1 Å². The van der Waals surface area contributed by atoms with Crippen molar-refractivity contribution < 1.29 is 14.7 Å². The van der Waals surface area contributed by atoms with Crippen molar-refractivity contribution in [2.75, 3.05) is 18.0 Å². The number of aromatic nitrogens is 2. The van der Waals surface area contributed by atoms with Crippen molar-refractivity contribution in [2.24, 2.45) is 5.92 Å². The Hall–Kier alpha value is -2.18. The quantitative estimate of drug-likeness (QED) is 0.775. The molecule has 1 aliphatic heterocycles. The van der Waals surface area contributed by atoms with E-state index in [0.29, 0.717) is 18.9 Å². The van der Waals surface area contributed by atoms with Crippen LogP contribution in [0.4, 0.5) is 5.82 Å². The van der Waals surface area contributed by atoms with E-state index in [1.54, 1.807) is 0 Å². The number of carbonyl (C=O) groups is 2. The lowest BCUT2D eigenvalue weighted by atomic mass is 9.92. The normalized spacial score (nSPS) is 21.0. The average molecular weight is 320 g/mol. The SMILES string of the molecule is CCCCNC(=O)C1CCC(C)N(c2cnc(C(=O)O)cn2)C1. The van der Waals surface area contributed by atoms with Gasteiger partial charge in [-0.2, -0.15) is 0 Å². The van der Waals surface area contributed by atoms with Gasteiger partial charge in [0.2, 0.25) is 5.91 Å². The van der Waals surface area contributed by atoms with Crippen molar-refractivity contribution in [1.82, 2.24) is 15.3 Å². The molecule has 2 atom stereocenters. The van der Waals surface area contributed by atoms with Crippen molar-refractivity contribution in [3.8, 4) is 0 Å². The minimum Gasteiger partial charge on any atom is -0.476 e. The molecule has 1 aromatic heterocycles. The van der Waals surface area contributed by atoms with Crippen LogP contribution in [0.15, 0.2) is 12.4 Å². The average Bonchev–Trinajstić information content (AvgIpc) is 2.55. The van der Waals surface area contributed by atoms with Gasteiger partial charge in [0.15, 0.2) is 5.69 Å². The van der Waals surface area contributed by atoms with Crippen molar-refractivity contribution >= 4 is 17.7 Å². The highest BCUT2D eigenvalue weighted by molar-refractivity contribution is 5.85. The summed E-state index contributed by atoms with van der Waals surface area (Å²) < 4.78 is 0. The third-order valence-corrected chi connectivity index (χ3v) is 4.23. The Kier molecular flexibility index (Phi) is 5.90. The zero-order valence-corrected chi connectivity index (χ0v) is 13.7. The lowest BCUT2D eigenvalue weighted by Gasteiger charge is -2.38. The Morgan fingerprint density at radius 3 is 2.74 bits per heavy atom. The summed E-state index contributed by atoms with van der Waals surface area (Å²) in [4.78, 5) is 33.2. The highest BCUT2D eigenvalue weighted by Gasteiger charge is 2.30. The topological polar surface area (TPSA) is 95.4 Å². The van der Waals surface area contributed by atoms with E-state index < -0.39 is 5.97 Å². The molecule has 1 aliphatic rings. The zero-order chi connectivity index (χ0) is 16.8. The maximum atomic E-state index is 12.2. The summed E-state index contributed by atoms with van der Waals surface area (Å²) in [6.07, 6.45) is 6.53. The molecule has 23 heavy (non-hydrogen) atoms. The molecule has 2 N–H and O–H groups in total. The third kappa shape index (κ3) is 4.40. The Balaban J connectivity index is 2.02. The number of nitrogens with zero attached hydrogens (tertiary/aromatic N) is 3. The van der Waals surface area contributed by atoms with E-state index in [1.165, 1.54) is 12.4 Å². The Bertz CT molecular complexity index is 547. The molecule has 7 heteroatoms. The lowest BCUT2D eigenvalue weighted by molar-refractivity contribution is -0.125. The van der Waals surface area contributed by atoms with Crippen LogP contribution in [-0.2, 0) is 4.79 Å². The summed E-state index contributed by atoms with van der Waals surface area (Å²) in [5.41, 5.74) is -0.0766. The monoisotopic (exact) mass is 320 g/mol. The van der Waals surface area contributed by atoms with Gasteiger partial charge in [-0.1, -0.05) is 13.3 Å². The fourth-order valence-electron chi connectivity index (χ4n) is 2.75. The van der Waals surface area contributed by atoms with E-state index >= 15 is 0 Å². The highest BCUT2D eigenvalue weighted by Crippen LogP contribution is 2.26. The molecule has 1 fully saturated rings. The first-order chi connectivity index (χ1) is 11.0. The molecule has 1 saturated heterocycles. The van der Waals surface area contributed by atoms with Gasteiger partial charge in [0.1, 0.15) is 5.82 Å². The number of amides is 1. The minimum atomic E-state index is -1.09. The molecule has 0 aliphatic carbocycles. The number of carboxylic acid groups (broad SMARTS) is 1. The zero-order valence-electron chi connectivity index (χ0n) is 13.7. The van der Waals surface area contributed by atoms with Gasteiger partial charge in [0.05, 0.1) is 18.3 Å². The lowest BCUT2D eigenvalue weighted by Crippen LogP contribution is -2.47. The van der Waals surface area contributed by atoms with Gasteiger partial charge in [0, 0.05) is 19.1 Å². The number of hydrogen-bond acceptors (Lipinski definition) is 5. The fraction of sp³-hybridized carbons (Fsp3) is 0.625. The van der Waals surface area contributed by atoms with Crippen LogP contribution in [0.25, 0.3) is 0 Å². The van der Waals surface area contributed by atoms with Crippen LogP contribution in [0.2, 0.25) is 0 Å². The van der Waals surface area contributed by atoms with E-state index in [2.05, 4.69) is 29.1 Å². The van der Waals surface area contributed by atoms with Gasteiger partial charge in [0.25, 0.3) is 0 Å². The van der Waals surface area contributed by atoms with E-state index in [0.717, 1.165) is 25.7 Å². The highest BCUT2D eigenvalue weighted by atomic mass is 16.4. The van der Waals surface area contributed by atoms with Gasteiger partial charge < -0.3 is 15.3 Å².